The average Bonchev–Trinajstić information content (AvgIpc) is 3.04. The number of ether oxygens (including phenoxy) is 1. The Kier molecular flexibility index (Phi) is 4.79. The van der Waals surface area contributed by atoms with Crippen molar-refractivity contribution in [2.45, 2.75) is 36.7 Å². The van der Waals surface area contributed by atoms with Gasteiger partial charge in [0.2, 0.25) is 10.0 Å². The van der Waals surface area contributed by atoms with Gasteiger partial charge in [-0.3, -0.25) is 4.79 Å². The summed E-state index contributed by atoms with van der Waals surface area (Å²) in [6, 6.07) is 1.21. The second-order valence-electron chi connectivity index (χ2n) is 4.83. The number of aromatic nitrogens is 1. The summed E-state index contributed by atoms with van der Waals surface area (Å²) in [5.74, 6) is -0.380. The smallest absolute Gasteiger partial charge is 0.267 e. The fraction of sp³-hybridized carbons (Fsp3) is 0.583. The predicted molar refractivity (Wildman–Crippen MR) is 72.7 cm³/mol. The maximum atomic E-state index is 11.7. The molecule has 0 spiro atoms. The van der Waals surface area contributed by atoms with E-state index in [0.717, 1.165) is 12.8 Å². The number of carbonyl (C=O) groups excluding carboxylic acids is 1. The number of carbonyl (C=O) groups is 1. The van der Waals surface area contributed by atoms with Crippen molar-refractivity contribution in [3.63, 3.8) is 0 Å². The Morgan fingerprint density at radius 2 is 2.15 bits per heavy atom. The molecule has 1 heterocycles. The summed E-state index contributed by atoms with van der Waals surface area (Å²) in [5, 5.41) is 7.62. The number of sulfonamides is 1. The van der Waals surface area contributed by atoms with Crippen LogP contribution in [0.25, 0.3) is 0 Å². The monoisotopic (exact) mass is 301 g/mol. The van der Waals surface area contributed by atoms with Crippen LogP contribution >= 0.6 is 0 Å². The second-order valence-corrected chi connectivity index (χ2v) is 6.39. The Labute approximate surface area is 117 Å². The van der Waals surface area contributed by atoms with Crippen molar-refractivity contribution in [1.82, 2.24) is 10.3 Å². The normalized spacial score (nSPS) is 16.4. The van der Waals surface area contributed by atoms with Crippen molar-refractivity contribution in [3.8, 4) is 0 Å². The molecule has 4 N–H and O–H groups in total. The molecule has 0 unspecified atom stereocenters. The Morgan fingerprint density at radius 3 is 2.75 bits per heavy atom. The summed E-state index contributed by atoms with van der Waals surface area (Å²) < 4.78 is 27.8. The summed E-state index contributed by atoms with van der Waals surface area (Å²) in [5.41, 5.74) is 0.162. The minimum atomic E-state index is -3.79. The number of rotatable bonds is 6. The zero-order chi connectivity index (χ0) is 14.6. The molecule has 0 atom stereocenters. The third-order valence-electron chi connectivity index (χ3n) is 3.27. The summed E-state index contributed by atoms with van der Waals surface area (Å²) in [4.78, 5) is 14.2. The SMILES string of the molecule is NS(=O)(=O)c1c[nH]c(C(=O)NCCOC2CCCC2)c1. The molecule has 1 aromatic heterocycles. The molecule has 1 aliphatic rings. The standard InChI is InChI=1S/C12H19N3O4S/c13-20(17,18)10-7-11(15-8-10)12(16)14-5-6-19-9-3-1-2-4-9/h7-9,15H,1-6H2,(H,14,16)(H2,13,17,18). The lowest BCUT2D eigenvalue weighted by molar-refractivity contribution is 0.0581. The summed E-state index contributed by atoms with van der Waals surface area (Å²) in [7, 11) is -3.79. The van der Waals surface area contributed by atoms with E-state index in [1.807, 2.05) is 0 Å². The van der Waals surface area contributed by atoms with Gasteiger partial charge >= 0.3 is 0 Å². The van der Waals surface area contributed by atoms with Gasteiger partial charge < -0.3 is 15.0 Å². The number of nitrogens with two attached hydrogens (primary N) is 1. The Bertz CT molecular complexity index is 561. The van der Waals surface area contributed by atoms with Crippen LogP contribution in [0.5, 0.6) is 0 Å². The molecule has 8 heteroatoms. The third kappa shape index (κ3) is 4.06. The van der Waals surface area contributed by atoms with Crippen molar-refractivity contribution >= 4 is 15.9 Å². The Balaban J connectivity index is 1.75. The highest BCUT2D eigenvalue weighted by molar-refractivity contribution is 7.89. The molecule has 0 saturated heterocycles. The van der Waals surface area contributed by atoms with Crippen LogP contribution in [-0.2, 0) is 14.8 Å². The van der Waals surface area contributed by atoms with Crippen molar-refractivity contribution in [1.29, 1.82) is 0 Å². The van der Waals surface area contributed by atoms with Crippen molar-refractivity contribution in [2.75, 3.05) is 13.2 Å². The zero-order valence-electron chi connectivity index (χ0n) is 11.1. The first-order valence-electron chi connectivity index (χ1n) is 6.58. The number of amides is 1. The van der Waals surface area contributed by atoms with Gasteiger partial charge in [-0.15, -0.1) is 0 Å². The lowest BCUT2D eigenvalue weighted by atomic mass is 10.3. The van der Waals surface area contributed by atoms with E-state index in [-0.39, 0.29) is 16.5 Å². The van der Waals surface area contributed by atoms with Crippen molar-refractivity contribution in [2.24, 2.45) is 5.14 Å². The van der Waals surface area contributed by atoms with Gasteiger partial charge in [0.1, 0.15) is 5.69 Å². The van der Waals surface area contributed by atoms with E-state index in [2.05, 4.69) is 10.3 Å². The molecule has 7 nitrogen and oxygen atoms in total. The number of H-pyrrole nitrogens is 1. The van der Waals surface area contributed by atoms with Crippen LogP contribution in [0.1, 0.15) is 36.2 Å². The van der Waals surface area contributed by atoms with E-state index in [9.17, 15) is 13.2 Å². The molecular formula is C12H19N3O4S. The highest BCUT2D eigenvalue weighted by Crippen LogP contribution is 2.20. The number of hydrogen-bond acceptors (Lipinski definition) is 4. The molecule has 1 aliphatic carbocycles. The van der Waals surface area contributed by atoms with Crippen LogP contribution in [0, 0.1) is 0 Å². The van der Waals surface area contributed by atoms with Crippen LogP contribution in [0.15, 0.2) is 17.2 Å². The first-order valence-corrected chi connectivity index (χ1v) is 8.12. The second kappa shape index (κ2) is 6.38. The largest absolute Gasteiger partial charge is 0.376 e. The molecule has 0 aromatic carbocycles. The van der Waals surface area contributed by atoms with E-state index in [1.165, 1.54) is 25.1 Å². The molecule has 1 amide bonds. The summed E-state index contributed by atoms with van der Waals surface area (Å²) >= 11 is 0. The highest BCUT2D eigenvalue weighted by Gasteiger charge is 2.16. The lowest BCUT2D eigenvalue weighted by Gasteiger charge is -2.11. The molecule has 0 aliphatic heterocycles. The maximum Gasteiger partial charge on any atom is 0.267 e. The van der Waals surface area contributed by atoms with Gasteiger partial charge in [-0.25, -0.2) is 13.6 Å². The van der Waals surface area contributed by atoms with Gasteiger partial charge in [0.15, 0.2) is 0 Å². The van der Waals surface area contributed by atoms with Crippen LogP contribution in [0.2, 0.25) is 0 Å². The fourth-order valence-corrected chi connectivity index (χ4v) is 2.72. The van der Waals surface area contributed by atoms with Gasteiger partial charge in [-0.1, -0.05) is 12.8 Å². The van der Waals surface area contributed by atoms with E-state index in [1.54, 1.807) is 0 Å². The van der Waals surface area contributed by atoms with Crippen LogP contribution in [0.4, 0.5) is 0 Å². The van der Waals surface area contributed by atoms with Gasteiger partial charge in [0.05, 0.1) is 17.6 Å². The quantitative estimate of drug-likeness (QED) is 0.658. The molecule has 0 radical (unpaired) electrons. The maximum absolute atomic E-state index is 11.7. The molecule has 112 valence electrons. The first-order chi connectivity index (χ1) is 9.47. The van der Waals surface area contributed by atoms with Gasteiger partial charge in [0, 0.05) is 12.7 Å². The molecular weight excluding hydrogens is 282 g/mol. The Morgan fingerprint density at radius 1 is 1.45 bits per heavy atom. The lowest BCUT2D eigenvalue weighted by Crippen LogP contribution is -2.28. The molecule has 2 rings (SSSR count). The van der Waals surface area contributed by atoms with Gasteiger partial charge in [-0.05, 0) is 18.9 Å². The molecule has 20 heavy (non-hydrogen) atoms. The van der Waals surface area contributed by atoms with E-state index < -0.39 is 10.0 Å². The van der Waals surface area contributed by atoms with Crippen LogP contribution < -0.4 is 10.5 Å². The van der Waals surface area contributed by atoms with E-state index in [4.69, 9.17) is 9.88 Å². The number of aromatic amines is 1. The fourth-order valence-electron chi connectivity index (χ4n) is 2.21. The topological polar surface area (TPSA) is 114 Å². The molecule has 0 bridgehead atoms. The van der Waals surface area contributed by atoms with Crippen LogP contribution in [-0.4, -0.2) is 38.6 Å². The number of nitrogens with one attached hydrogen (secondary N) is 2. The van der Waals surface area contributed by atoms with Gasteiger partial charge in [-0.2, -0.15) is 0 Å². The minimum absolute atomic E-state index is 0.107. The molecule has 1 aromatic rings. The van der Waals surface area contributed by atoms with Gasteiger partial charge in [0.25, 0.3) is 5.91 Å². The third-order valence-corrected chi connectivity index (χ3v) is 4.17. The Hall–Kier alpha value is -1.38. The highest BCUT2D eigenvalue weighted by atomic mass is 32.2. The van der Waals surface area contributed by atoms with Crippen molar-refractivity contribution < 1.29 is 17.9 Å². The van der Waals surface area contributed by atoms with Crippen molar-refractivity contribution in [3.05, 3.63) is 18.0 Å². The summed E-state index contributed by atoms with van der Waals surface area (Å²) in [6.07, 6.45) is 6.08. The zero-order valence-corrected chi connectivity index (χ0v) is 11.9. The minimum Gasteiger partial charge on any atom is -0.376 e. The van der Waals surface area contributed by atoms with E-state index in [0.29, 0.717) is 19.3 Å². The number of primary sulfonamides is 1. The number of hydrogen-bond donors (Lipinski definition) is 3. The average molecular weight is 301 g/mol. The predicted octanol–water partition coefficient (Wildman–Crippen LogP) is 0.351. The van der Waals surface area contributed by atoms with E-state index >= 15 is 0 Å². The summed E-state index contributed by atoms with van der Waals surface area (Å²) in [6.45, 7) is 0.845. The molecule has 1 saturated carbocycles. The first kappa shape index (κ1) is 15.0. The molecule has 1 fully saturated rings. The van der Waals surface area contributed by atoms with Crippen LogP contribution in [0.3, 0.4) is 0 Å².